The second kappa shape index (κ2) is 3.52. The molecule has 4 nitrogen and oxygen atoms in total. The number of benzene rings is 2. The Morgan fingerprint density at radius 1 is 1.00 bits per heavy atom. The van der Waals surface area contributed by atoms with Crippen LogP contribution in [-0.2, 0) is 0 Å². The number of hydrogen-bond acceptors (Lipinski definition) is 3. The maximum atomic E-state index is 9.83. The lowest BCUT2D eigenvalue weighted by molar-refractivity contribution is 0.471. The molecule has 0 saturated heterocycles. The van der Waals surface area contributed by atoms with E-state index in [-0.39, 0.29) is 5.75 Å². The minimum atomic E-state index is 0.181. The van der Waals surface area contributed by atoms with E-state index in [0.29, 0.717) is 11.5 Å². The Kier molecular flexibility index (Phi) is 2.01. The van der Waals surface area contributed by atoms with Crippen LogP contribution < -0.4 is 5.73 Å². The number of phenols is 1. The topological polar surface area (TPSA) is 64.1 Å². The van der Waals surface area contributed by atoms with Gasteiger partial charge in [0.05, 0.1) is 5.52 Å². The molecule has 0 unspecified atom stereocenters. The summed E-state index contributed by atoms with van der Waals surface area (Å²) in [6.45, 7) is 0. The van der Waals surface area contributed by atoms with Gasteiger partial charge in [-0.05, 0) is 24.3 Å². The van der Waals surface area contributed by atoms with Crippen molar-refractivity contribution in [3.05, 3.63) is 48.5 Å². The summed E-state index contributed by atoms with van der Waals surface area (Å²) in [4.78, 5) is 0. The van der Waals surface area contributed by atoms with Gasteiger partial charge in [-0.25, -0.2) is 4.68 Å². The van der Waals surface area contributed by atoms with Crippen molar-refractivity contribution in [2.45, 2.75) is 0 Å². The number of nitrogens with two attached hydrogens (primary N) is 1. The van der Waals surface area contributed by atoms with Gasteiger partial charge in [0.1, 0.15) is 11.4 Å². The predicted molar refractivity (Wildman–Crippen MR) is 67.1 cm³/mol. The molecule has 3 aromatic rings. The van der Waals surface area contributed by atoms with Crippen molar-refractivity contribution in [3.63, 3.8) is 0 Å². The highest BCUT2D eigenvalue weighted by Gasteiger charge is 2.10. The monoisotopic (exact) mass is 225 g/mol. The van der Waals surface area contributed by atoms with Crippen molar-refractivity contribution >= 4 is 16.7 Å². The zero-order valence-electron chi connectivity index (χ0n) is 9.04. The van der Waals surface area contributed by atoms with Gasteiger partial charge >= 0.3 is 0 Å². The average Bonchev–Trinajstić information content (AvgIpc) is 2.68. The van der Waals surface area contributed by atoms with Crippen molar-refractivity contribution in [1.82, 2.24) is 9.78 Å². The molecule has 3 N–H and O–H groups in total. The van der Waals surface area contributed by atoms with Crippen LogP contribution in [0.2, 0.25) is 0 Å². The summed E-state index contributed by atoms with van der Waals surface area (Å²) >= 11 is 0. The molecule has 1 heterocycles. The van der Waals surface area contributed by atoms with Crippen LogP contribution in [0, 0.1) is 0 Å². The Bertz CT molecular complexity index is 688. The number of hydrogen-bond donors (Lipinski definition) is 2. The van der Waals surface area contributed by atoms with E-state index in [1.54, 1.807) is 22.9 Å². The van der Waals surface area contributed by atoms with Gasteiger partial charge in [-0.2, -0.15) is 0 Å². The quantitative estimate of drug-likeness (QED) is 0.668. The Balaban J connectivity index is 2.35. The first-order valence-corrected chi connectivity index (χ1v) is 5.29. The molecule has 0 aliphatic heterocycles. The molecular weight excluding hydrogens is 214 g/mol. The van der Waals surface area contributed by atoms with Crippen LogP contribution in [0.3, 0.4) is 0 Å². The summed E-state index contributed by atoms with van der Waals surface area (Å²) in [7, 11) is 0. The summed E-state index contributed by atoms with van der Waals surface area (Å²) in [5.41, 5.74) is 7.36. The lowest BCUT2D eigenvalue weighted by Gasteiger charge is -2.04. The highest BCUT2D eigenvalue weighted by molar-refractivity contribution is 5.90. The van der Waals surface area contributed by atoms with E-state index >= 15 is 0 Å². The Hall–Kier alpha value is -2.49. The van der Waals surface area contributed by atoms with Gasteiger partial charge in [0.15, 0.2) is 5.82 Å². The lowest BCUT2D eigenvalue weighted by atomic mass is 10.2. The van der Waals surface area contributed by atoms with Crippen LogP contribution in [0.15, 0.2) is 48.5 Å². The maximum absolute atomic E-state index is 9.83. The number of aromatic hydroxyl groups is 1. The molecule has 0 fully saturated rings. The van der Waals surface area contributed by atoms with E-state index in [1.807, 2.05) is 30.3 Å². The molecule has 0 radical (unpaired) electrons. The van der Waals surface area contributed by atoms with Gasteiger partial charge in [0, 0.05) is 5.39 Å². The molecule has 0 aliphatic carbocycles. The molecule has 0 bridgehead atoms. The van der Waals surface area contributed by atoms with E-state index in [9.17, 15) is 5.11 Å². The zero-order chi connectivity index (χ0) is 11.8. The van der Waals surface area contributed by atoms with Crippen molar-refractivity contribution in [2.75, 3.05) is 5.73 Å². The van der Waals surface area contributed by atoms with Gasteiger partial charge < -0.3 is 10.8 Å². The van der Waals surface area contributed by atoms with Crippen molar-refractivity contribution in [2.24, 2.45) is 0 Å². The van der Waals surface area contributed by atoms with Gasteiger partial charge in [0.2, 0.25) is 0 Å². The molecule has 0 atom stereocenters. The van der Waals surface area contributed by atoms with Crippen molar-refractivity contribution in [3.8, 4) is 11.4 Å². The first-order chi connectivity index (χ1) is 8.27. The number of anilines is 1. The number of fused-ring (bicyclic) bond motifs is 1. The molecule has 84 valence electrons. The Labute approximate surface area is 97.9 Å². The highest BCUT2D eigenvalue weighted by Crippen LogP contribution is 2.27. The molecule has 0 saturated carbocycles. The molecule has 4 heteroatoms. The van der Waals surface area contributed by atoms with E-state index in [0.717, 1.165) is 10.9 Å². The van der Waals surface area contributed by atoms with Gasteiger partial charge in [0.25, 0.3) is 0 Å². The van der Waals surface area contributed by atoms with Crippen LogP contribution in [0.5, 0.6) is 5.75 Å². The predicted octanol–water partition coefficient (Wildman–Crippen LogP) is 2.31. The molecule has 1 aromatic heterocycles. The number of para-hydroxylation sites is 3. The fourth-order valence-corrected chi connectivity index (χ4v) is 1.92. The molecule has 2 aromatic carbocycles. The molecule has 0 aliphatic rings. The van der Waals surface area contributed by atoms with E-state index < -0.39 is 0 Å². The molecule has 3 rings (SSSR count). The number of nitrogens with zero attached hydrogens (tertiary/aromatic N) is 2. The van der Waals surface area contributed by atoms with Crippen molar-refractivity contribution < 1.29 is 5.11 Å². The molecule has 0 amide bonds. The number of nitrogen functional groups attached to an aromatic ring is 1. The van der Waals surface area contributed by atoms with Gasteiger partial charge in [-0.15, -0.1) is 5.10 Å². The second-order valence-corrected chi connectivity index (χ2v) is 3.80. The summed E-state index contributed by atoms with van der Waals surface area (Å²) in [6.07, 6.45) is 0. The smallest absolute Gasteiger partial charge is 0.153 e. The third-order valence-corrected chi connectivity index (χ3v) is 2.73. The van der Waals surface area contributed by atoms with Crippen LogP contribution >= 0.6 is 0 Å². The van der Waals surface area contributed by atoms with E-state index in [2.05, 4.69) is 5.10 Å². The summed E-state index contributed by atoms with van der Waals surface area (Å²) in [5, 5.41) is 15.0. The molecular formula is C13H11N3O. The van der Waals surface area contributed by atoms with Gasteiger partial charge in [-0.3, -0.25) is 0 Å². The lowest BCUT2D eigenvalue weighted by Crippen LogP contribution is -1.97. The fourth-order valence-electron chi connectivity index (χ4n) is 1.92. The second-order valence-electron chi connectivity index (χ2n) is 3.80. The minimum absolute atomic E-state index is 0.181. The first kappa shape index (κ1) is 9.72. The Morgan fingerprint density at radius 3 is 2.53 bits per heavy atom. The van der Waals surface area contributed by atoms with Crippen LogP contribution in [0.1, 0.15) is 0 Å². The normalized spacial score (nSPS) is 10.8. The van der Waals surface area contributed by atoms with Crippen LogP contribution in [-0.4, -0.2) is 14.9 Å². The third kappa shape index (κ3) is 1.42. The molecule has 17 heavy (non-hydrogen) atoms. The van der Waals surface area contributed by atoms with Crippen molar-refractivity contribution in [1.29, 1.82) is 0 Å². The summed E-state index contributed by atoms with van der Waals surface area (Å²) < 4.78 is 1.65. The number of aromatic nitrogens is 2. The molecule has 0 spiro atoms. The zero-order valence-corrected chi connectivity index (χ0v) is 9.04. The largest absolute Gasteiger partial charge is 0.506 e. The Morgan fingerprint density at radius 2 is 1.71 bits per heavy atom. The van der Waals surface area contributed by atoms with Crippen LogP contribution in [0.25, 0.3) is 16.6 Å². The number of rotatable bonds is 1. The SMILES string of the molecule is Nc1nn(-c2ccccc2O)c2ccccc12. The van der Waals surface area contributed by atoms with Gasteiger partial charge in [-0.1, -0.05) is 24.3 Å². The number of phenolic OH excluding ortho intramolecular Hbond substituents is 1. The van der Waals surface area contributed by atoms with E-state index in [4.69, 9.17) is 5.73 Å². The fraction of sp³-hybridized carbons (Fsp3) is 0. The maximum Gasteiger partial charge on any atom is 0.153 e. The minimum Gasteiger partial charge on any atom is -0.506 e. The highest BCUT2D eigenvalue weighted by atomic mass is 16.3. The standard InChI is InChI=1S/C13H11N3O/c14-13-9-5-1-2-6-10(9)16(15-13)11-7-3-4-8-12(11)17/h1-8,17H,(H2,14,15). The first-order valence-electron chi connectivity index (χ1n) is 5.29. The van der Waals surface area contributed by atoms with Crippen LogP contribution in [0.4, 0.5) is 5.82 Å². The van der Waals surface area contributed by atoms with E-state index in [1.165, 1.54) is 0 Å². The third-order valence-electron chi connectivity index (χ3n) is 2.73. The average molecular weight is 225 g/mol. The summed E-state index contributed by atoms with van der Waals surface area (Å²) in [6, 6.07) is 14.7. The summed E-state index contributed by atoms with van der Waals surface area (Å²) in [5.74, 6) is 0.643.